The number of piperidine rings is 1. The molecule has 0 aromatic rings. The molecular formula is C8H17N. The van der Waals surface area contributed by atoms with Crippen molar-refractivity contribution < 1.29 is 0 Å². The molecule has 0 aromatic heterocycles. The summed E-state index contributed by atoms with van der Waals surface area (Å²) < 4.78 is 0. The van der Waals surface area contributed by atoms with Gasteiger partial charge in [-0.1, -0.05) is 26.0 Å². The lowest BCUT2D eigenvalue weighted by Gasteiger charge is -2.12. The van der Waals surface area contributed by atoms with Crippen LogP contribution in [0.5, 0.6) is 0 Å². The van der Waals surface area contributed by atoms with E-state index in [0.717, 1.165) is 13.1 Å². The highest BCUT2D eigenvalue weighted by Crippen LogP contribution is 2.04. The van der Waals surface area contributed by atoms with Crippen LogP contribution in [0.25, 0.3) is 0 Å². The minimum atomic E-state index is 1.14. The summed E-state index contributed by atoms with van der Waals surface area (Å²) in [6.45, 7) is 10.1. The molecule has 0 unspecified atom stereocenters. The predicted molar refractivity (Wildman–Crippen MR) is 42.6 cm³/mol. The Morgan fingerprint density at radius 3 is 1.89 bits per heavy atom. The Morgan fingerprint density at radius 1 is 1.22 bits per heavy atom. The zero-order valence-corrected chi connectivity index (χ0v) is 6.54. The first-order chi connectivity index (χ1) is 4.39. The SMILES string of the molecule is C=C1CCNCC1.CC. The molecule has 1 N–H and O–H groups in total. The van der Waals surface area contributed by atoms with E-state index in [0.29, 0.717) is 0 Å². The van der Waals surface area contributed by atoms with Crippen molar-refractivity contribution in [3.8, 4) is 0 Å². The maximum Gasteiger partial charge on any atom is -0.00116 e. The predicted octanol–water partition coefficient (Wildman–Crippen LogP) is 1.95. The molecule has 1 nitrogen and oxygen atoms in total. The molecule has 0 atom stereocenters. The first kappa shape index (κ1) is 8.70. The molecule has 0 amide bonds. The Hall–Kier alpha value is -0.300. The quantitative estimate of drug-likeness (QED) is 0.490. The standard InChI is InChI=1S/C6H11N.C2H6/c1-6-2-4-7-5-3-6;1-2/h7H,1-5H2;1-2H3. The van der Waals surface area contributed by atoms with E-state index in [9.17, 15) is 0 Å². The molecule has 54 valence electrons. The molecule has 1 heteroatoms. The van der Waals surface area contributed by atoms with Crippen molar-refractivity contribution in [2.75, 3.05) is 13.1 Å². The number of hydrogen-bond donors (Lipinski definition) is 1. The van der Waals surface area contributed by atoms with Gasteiger partial charge >= 0.3 is 0 Å². The van der Waals surface area contributed by atoms with Crippen LogP contribution in [0.3, 0.4) is 0 Å². The third-order valence-electron chi connectivity index (χ3n) is 1.31. The van der Waals surface area contributed by atoms with E-state index in [1.165, 1.54) is 18.4 Å². The summed E-state index contributed by atoms with van der Waals surface area (Å²) in [5.41, 5.74) is 1.40. The Balaban J connectivity index is 0.000000291. The second-order valence-corrected chi connectivity index (χ2v) is 2.00. The minimum absolute atomic E-state index is 1.14. The molecule has 1 aliphatic heterocycles. The summed E-state index contributed by atoms with van der Waals surface area (Å²) in [7, 11) is 0. The van der Waals surface area contributed by atoms with Crippen LogP contribution in [0, 0.1) is 0 Å². The third-order valence-corrected chi connectivity index (χ3v) is 1.31. The van der Waals surface area contributed by atoms with Crippen LogP contribution in [0.2, 0.25) is 0 Å². The summed E-state index contributed by atoms with van der Waals surface area (Å²) in [5, 5.41) is 3.25. The molecule has 1 saturated heterocycles. The molecule has 0 radical (unpaired) electrons. The van der Waals surface area contributed by atoms with Crippen LogP contribution in [-0.4, -0.2) is 13.1 Å². The van der Waals surface area contributed by atoms with Crippen molar-refractivity contribution >= 4 is 0 Å². The Kier molecular flexibility index (Phi) is 5.64. The molecule has 1 fully saturated rings. The second-order valence-electron chi connectivity index (χ2n) is 2.00. The lowest BCUT2D eigenvalue weighted by molar-refractivity contribution is 0.612. The monoisotopic (exact) mass is 127 g/mol. The van der Waals surface area contributed by atoms with Gasteiger partial charge in [-0.05, 0) is 25.9 Å². The van der Waals surface area contributed by atoms with E-state index in [2.05, 4.69) is 11.9 Å². The largest absolute Gasteiger partial charge is 0.316 e. The van der Waals surface area contributed by atoms with Crippen molar-refractivity contribution in [1.82, 2.24) is 5.32 Å². The van der Waals surface area contributed by atoms with Crippen LogP contribution >= 0.6 is 0 Å². The Bertz CT molecular complexity index is 68.6. The van der Waals surface area contributed by atoms with Gasteiger partial charge in [0.1, 0.15) is 0 Å². The first-order valence-corrected chi connectivity index (χ1v) is 3.77. The molecule has 1 heterocycles. The number of hydrogen-bond acceptors (Lipinski definition) is 1. The highest BCUT2D eigenvalue weighted by Gasteiger charge is 1.98. The van der Waals surface area contributed by atoms with E-state index < -0.39 is 0 Å². The first-order valence-electron chi connectivity index (χ1n) is 3.77. The molecule has 0 aliphatic carbocycles. The zero-order valence-electron chi connectivity index (χ0n) is 6.54. The third kappa shape index (κ3) is 4.22. The van der Waals surface area contributed by atoms with Gasteiger partial charge in [-0.15, -0.1) is 0 Å². The van der Waals surface area contributed by atoms with Gasteiger partial charge in [0, 0.05) is 0 Å². The van der Waals surface area contributed by atoms with Gasteiger partial charge in [0.05, 0.1) is 0 Å². The van der Waals surface area contributed by atoms with Crippen LogP contribution in [0.1, 0.15) is 26.7 Å². The minimum Gasteiger partial charge on any atom is -0.316 e. The molecular weight excluding hydrogens is 110 g/mol. The summed E-state index contributed by atoms with van der Waals surface area (Å²) in [5.74, 6) is 0. The van der Waals surface area contributed by atoms with Crippen molar-refractivity contribution in [2.45, 2.75) is 26.7 Å². The van der Waals surface area contributed by atoms with Gasteiger partial charge in [0.25, 0.3) is 0 Å². The van der Waals surface area contributed by atoms with E-state index >= 15 is 0 Å². The molecule has 1 aliphatic rings. The van der Waals surface area contributed by atoms with E-state index in [1.807, 2.05) is 13.8 Å². The van der Waals surface area contributed by atoms with Crippen LogP contribution in [0.4, 0.5) is 0 Å². The smallest absolute Gasteiger partial charge is 0.00116 e. The topological polar surface area (TPSA) is 12.0 Å². The van der Waals surface area contributed by atoms with Gasteiger partial charge in [-0.25, -0.2) is 0 Å². The van der Waals surface area contributed by atoms with Crippen molar-refractivity contribution in [3.05, 3.63) is 12.2 Å². The highest BCUT2D eigenvalue weighted by atomic mass is 14.9. The fourth-order valence-electron chi connectivity index (χ4n) is 0.780. The maximum atomic E-state index is 3.87. The average Bonchev–Trinajstić information content (AvgIpc) is 1.94. The Morgan fingerprint density at radius 2 is 1.67 bits per heavy atom. The second kappa shape index (κ2) is 5.83. The summed E-state index contributed by atoms with van der Waals surface area (Å²) >= 11 is 0. The molecule has 0 bridgehead atoms. The fourth-order valence-corrected chi connectivity index (χ4v) is 0.780. The summed E-state index contributed by atoms with van der Waals surface area (Å²) in [4.78, 5) is 0. The number of rotatable bonds is 0. The van der Waals surface area contributed by atoms with Crippen LogP contribution < -0.4 is 5.32 Å². The van der Waals surface area contributed by atoms with E-state index in [1.54, 1.807) is 0 Å². The van der Waals surface area contributed by atoms with Crippen molar-refractivity contribution in [1.29, 1.82) is 0 Å². The number of nitrogens with one attached hydrogen (secondary N) is 1. The Labute approximate surface area is 58.2 Å². The van der Waals surface area contributed by atoms with Gasteiger partial charge in [0.2, 0.25) is 0 Å². The van der Waals surface area contributed by atoms with Gasteiger partial charge in [-0.2, -0.15) is 0 Å². The van der Waals surface area contributed by atoms with Crippen LogP contribution in [0.15, 0.2) is 12.2 Å². The normalized spacial score (nSPS) is 18.2. The fraction of sp³-hybridized carbons (Fsp3) is 0.750. The summed E-state index contributed by atoms with van der Waals surface area (Å²) in [6.07, 6.45) is 2.36. The van der Waals surface area contributed by atoms with Gasteiger partial charge < -0.3 is 5.32 Å². The van der Waals surface area contributed by atoms with E-state index in [-0.39, 0.29) is 0 Å². The van der Waals surface area contributed by atoms with Gasteiger partial charge in [0.15, 0.2) is 0 Å². The lowest BCUT2D eigenvalue weighted by Crippen LogP contribution is -2.22. The van der Waals surface area contributed by atoms with E-state index in [4.69, 9.17) is 0 Å². The van der Waals surface area contributed by atoms with Crippen molar-refractivity contribution in [2.24, 2.45) is 0 Å². The molecule has 0 saturated carbocycles. The average molecular weight is 127 g/mol. The lowest BCUT2D eigenvalue weighted by atomic mass is 10.1. The molecule has 0 spiro atoms. The van der Waals surface area contributed by atoms with Gasteiger partial charge in [-0.3, -0.25) is 0 Å². The maximum absolute atomic E-state index is 3.87. The highest BCUT2D eigenvalue weighted by molar-refractivity contribution is 4.97. The zero-order chi connectivity index (χ0) is 7.11. The molecule has 0 aromatic carbocycles. The summed E-state index contributed by atoms with van der Waals surface area (Å²) in [6, 6.07) is 0. The van der Waals surface area contributed by atoms with Crippen LogP contribution in [-0.2, 0) is 0 Å². The molecule has 9 heavy (non-hydrogen) atoms. The molecule has 1 rings (SSSR count). The van der Waals surface area contributed by atoms with Crippen molar-refractivity contribution in [3.63, 3.8) is 0 Å².